The predicted octanol–water partition coefficient (Wildman–Crippen LogP) is 3.26. The zero-order valence-corrected chi connectivity index (χ0v) is 19.1. The number of hydrogen-bond acceptors (Lipinski definition) is 5. The molecular formula is C25H32N2O5. The molecular weight excluding hydrogens is 408 g/mol. The first-order chi connectivity index (χ1) is 15.2. The van der Waals surface area contributed by atoms with Crippen molar-refractivity contribution in [1.82, 2.24) is 5.32 Å². The Morgan fingerprint density at radius 1 is 1.06 bits per heavy atom. The van der Waals surface area contributed by atoms with E-state index in [0.717, 1.165) is 16.7 Å². The molecule has 0 aliphatic heterocycles. The molecule has 0 heterocycles. The zero-order chi connectivity index (χ0) is 23.7. The van der Waals surface area contributed by atoms with E-state index in [1.807, 2.05) is 50.2 Å². The molecule has 7 nitrogen and oxygen atoms in total. The lowest BCUT2D eigenvalue weighted by molar-refractivity contribution is -0.146. The standard InChI is InChI=1S/C25H32N2O5/c1-5-32-25(31)22(12-11-20-9-7-6-8-10-20)26-19(4)24(30)27(16-23(28)29)21-14-17(2)13-18(3)15-21/h6-10,13-15,19,22,26H,5,11-12,16H2,1-4H3,(H,28,29). The van der Waals surface area contributed by atoms with Crippen molar-refractivity contribution in [3.63, 3.8) is 0 Å². The first kappa shape index (κ1) is 25.1. The van der Waals surface area contributed by atoms with Crippen LogP contribution >= 0.6 is 0 Å². The summed E-state index contributed by atoms with van der Waals surface area (Å²) in [6.07, 6.45) is 1.08. The Morgan fingerprint density at radius 2 is 1.69 bits per heavy atom. The van der Waals surface area contributed by atoms with Gasteiger partial charge in [-0.1, -0.05) is 36.4 Å². The highest BCUT2D eigenvalue weighted by Crippen LogP contribution is 2.20. The number of esters is 1. The zero-order valence-electron chi connectivity index (χ0n) is 19.1. The average Bonchev–Trinajstić information content (AvgIpc) is 2.74. The summed E-state index contributed by atoms with van der Waals surface area (Å²) in [6, 6.07) is 13.8. The fourth-order valence-electron chi connectivity index (χ4n) is 3.61. The monoisotopic (exact) mass is 440 g/mol. The highest BCUT2D eigenvalue weighted by molar-refractivity contribution is 6.00. The quantitative estimate of drug-likeness (QED) is 0.521. The fraction of sp³-hybridized carbons (Fsp3) is 0.400. The van der Waals surface area contributed by atoms with Crippen LogP contribution in [0.1, 0.15) is 37.0 Å². The molecule has 0 radical (unpaired) electrons. The maximum atomic E-state index is 13.2. The summed E-state index contributed by atoms with van der Waals surface area (Å²) in [5.74, 6) is -1.97. The van der Waals surface area contributed by atoms with Crippen LogP contribution in [0.3, 0.4) is 0 Å². The third-order valence-corrected chi connectivity index (χ3v) is 5.03. The smallest absolute Gasteiger partial charge is 0.323 e. The maximum Gasteiger partial charge on any atom is 0.323 e. The minimum Gasteiger partial charge on any atom is -0.480 e. The Kier molecular flexibility index (Phi) is 9.40. The fourth-order valence-corrected chi connectivity index (χ4v) is 3.61. The van der Waals surface area contributed by atoms with Crippen molar-refractivity contribution in [2.24, 2.45) is 0 Å². The molecule has 2 rings (SSSR count). The first-order valence-electron chi connectivity index (χ1n) is 10.8. The van der Waals surface area contributed by atoms with Crippen LogP contribution < -0.4 is 10.2 Å². The number of nitrogens with zero attached hydrogens (tertiary/aromatic N) is 1. The third-order valence-electron chi connectivity index (χ3n) is 5.03. The number of carboxylic acid groups (broad SMARTS) is 1. The Bertz CT molecular complexity index is 909. The molecule has 2 aromatic carbocycles. The summed E-state index contributed by atoms with van der Waals surface area (Å²) >= 11 is 0. The van der Waals surface area contributed by atoms with E-state index in [9.17, 15) is 19.5 Å². The number of benzene rings is 2. The van der Waals surface area contributed by atoms with Gasteiger partial charge in [0.15, 0.2) is 0 Å². The van der Waals surface area contributed by atoms with Crippen LogP contribution in [0.25, 0.3) is 0 Å². The van der Waals surface area contributed by atoms with E-state index in [1.54, 1.807) is 26.0 Å². The van der Waals surface area contributed by atoms with Gasteiger partial charge in [-0.05, 0) is 69.4 Å². The van der Waals surface area contributed by atoms with Gasteiger partial charge in [-0.2, -0.15) is 0 Å². The number of ether oxygens (including phenoxy) is 1. The largest absolute Gasteiger partial charge is 0.480 e. The lowest BCUT2D eigenvalue weighted by Gasteiger charge is -2.28. The molecule has 7 heteroatoms. The van der Waals surface area contributed by atoms with Crippen LogP contribution in [0.5, 0.6) is 0 Å². The van der Waals surface area contributed by atoms with Crippen molar-refractivity contribution in [3.05, 3.63) is 65.2 Å². The summed E-state index contributed by atoms with van der Waals surface area (Å²) in [6.45, 7) is 6.91. The van der Waals surface area contributed by atoms with Gasteiger partial charge in [-0.25, -0.2) is 0 Å². The Hall–Kier alpha value is -3.19. The second-order valence-electron chi connectivity index (χ2n) is 7.88. The lowest BCUT2D eigenvalue weighted by atomic mass is 10.0. The molecule has 2 aromatic rings. The molecule has 0 aromatic heterocycles. The van der Waals surface area contributed by atoms with Gasteiger partial charge in [0.05, 0.1) is 12.6 Å². The molecule has 0 saturated heterocycles. The number of carbonyl (C=O) groups excluding carboxylic acids is 2. The van der Waals surface area contributed by atoms with Crippen LogP contribution in [0.2, 0.25) is 0 Å². The number of hydrogen-bond donors (Lipinski definition) is 2. The summed E-state index contributed by atoms with van der Waals surface area (Å²) in [7, 11) is 0. The molecule has 2 unspecified atom stereocenters. The van der Waals surface area contributed by atoms with E-state index in [-0.39, 0.29) is 6.61 Å². The molecule has 172 valence electrons. The van der Waals surface area contributed by atoms with E-state index in [2.05, 4.69) is 5.32 Å². The number of rotatable bonds is 11. The highest BCUT2D eigenvalue weighted by Gasteiger charge is 2.29. The lowest BCUT2D eigenvalue weighted by Crippen LogP contribution is -2.52. The average molecular weight is 441 g/mol. The third kappa shape index (κ3) is 7.50. The maximum absolute atomic E-state index is 13.2. The Labute approximate surface area is 189 Å². The molecule has 0 aliphatic rings. The first-order valence-corrected chi connectivity index (χ1v) is 10.8. The second-order valence-corrected chi connectivity index (χ2v) is 7.88. The van der Waals surface area contributed by atoms with Crippen molar-refractivity contribution in [3.8, 4) is 0 Å². The molecule has 0 fully saturated rings. The SMILES string of the molecule is CCOC(=O)C(CCc1ccccc1)NC(C)C(=O)N(CC(=O)O)c1cc(C)cc(C)c1. The number of carbonyl (C=O) groups is 3. The number of anilines is 1. The number of aliphatic carboxylic acids is 1. The van der Waals surface area contributed by atoms with Crippen molar-refractivity contribution in [1.29, 1.82) is 0 Å². The molecule has 0 bridgehead atoms. The summed E-state index contributed by atoms with van der Waals surface area (Å²) < 4.78 is 5.19. The van der Waals surface area contributed by atoms with Crippen LogP contribution in [-0.2, 0) is 25.5 Å². The van der Waals surface area contributed by atoms with E-state index >= 15 is 0 Å². The van der Waals surface area contributed by atoms with Crippen LogP contribution in [0, 0.1) is 13.8 Å². The molecule has 0 aliphatic carbocycles. The molecule has 2 N–H and O–H groups in total. The van der Waals surface area contributed by atoms with Gasteiger partial charge in [-0.15, -0.1) is 0 Å². The molecule has 2 atom stereocenters. The van der Waals surface area contributed by atoms with Crippen molar-refractivity contribution in [2.45, 2.75) is 52.6 Å². The van der Waals surface area contributed by atoms with Gasteiger partial charge in [0.1, 0.15) is 12.6 Å². The highest BCUT2D eigenvalue weighted by atomic mass is 16.5. The van der Waals surface area contributed by atoms with Crippen molar-refractivity contribution in [2.75, 3.05) is 18.1 Å². The van der Waals surface area contributed by atoms with Crippen LogP contribution in [-0.4, -0.2) is 48.2 Å². The second kappa shape index (κ2) is 12.0. The van der Waals surface area contributed by atoms with Gasteiger partial charge in [0.2, 0.25) is 5.91 Å². The van der Waals surface area contributed by atoms with Crippen LogP contribution in [0.4, 0.5) is 5.69 Å². The minimum atomic E-state index is -1.12. The summed E-state index contributed by atoms with van der Waals surface area (Å²) in [5.41, 5.74) is 3.44. The van der Waals surface area contributed by atoms with Crippen molar-refractivity contribution < 1.29 is 24.2 Å². The van der Waals surface area contributed by atoms with E-state index < -0.39 is 36.5 Å². The number of nitrogens with one attached hydrogen (secondary N) is 1. The predicted molar refractivity (Wildman–Crippen MR) is 124 cm³/mol. The van der Waals surface area contributed by atoms with Crippen molar-refractivity contribution >= 4 is 23.5 Å². The van der Waals surface area contributed by atoms with Gasteiger partial charge in [-0.3, -0.25) is 24.6 Å². The molecule has 1 amide bonds. The minimum absolute atomic E-state index is 0.235. The van der Waals surface area contributed by atoms with E-state index in [1.165, 1.54) is 4.90 Å². The Balaban J connectivity index is 2.20. The topological polar surface area (TPSA) is 95.9 Å². The molecule has 32 heavy (non-hydrogen) atoms. The van der Waals surface area contributed by atoms with Gasteiger partial charge in [0.25, 0.3) is 0 Å². The van der Waals surface area contributed by atoms with Gasteiger partial charge < -0.3 is 9.84 Å². The summed E-state index contributed by atoms with van der Waals surface area (Å²) in [5, 5.41) is 12.4. The number of carboxylic acids is 1. The van der Waals surface area contributed by atoms with E-state index in [4.69, 9.17) is 4.74 Å². The molecule has 0 spiro atoms. The van der Waals surface area contributed by atoms with Crippen LogP contribution in [0.15, 0.2) is 48.5 Å². The number of aryl methyl sites for hydroxylation is 3. The Morgan fingerprint density at radius 3 is 2.25 bits per heavy atom. The van der Waals surface area contributed by atoms with E-state index in [0.29, 0.717) is 18.5 Å². The summed E-state index contributed by atoms with van der Waals surface area (Å²) in [4.78, 5) is 38.5. The normalized spacial score (nSPS) is 12.6. The number of amides is 1. The van der Waals surface area contributed by atoms with Gasteiger partial charge in [0, 0.05) is 5.69 Å². The van der Waals surface area contributed by atoms with Gasteiger partial charge >= 0.3 is 11.9 Å². The molecule has 0 saturated carbocycles.